The smallest absolute Gasteiger partial charge is 0.151 e. The Morgan fingerprint density at radius 1 is 1.46 bits per heavy atom. The molecule has 73 valence electrons. The molecule has 0 aliphatic carbocycles. The van der Waals surface area contributed by atoms with Crippen LogP contribution in [0.2, 0.25) is 0 Å². The van der Waals surface area contributed by atoms with Crippen molar-refractivity contribution in [3.63, 3.8) is 0 Å². The lowest BCUT2D eigenvalue weighted by Gasteiger charge is -2.05. The molecule has 1 aromatic heterocycles. The molecule has 1 aromatic rings. The van der Waals surface area contributed by atoms with Gasteiger partial charge in [-0.15, -0.1) is 5.10 Å². The molecular formula is C9H17N4. The zero-order chi connectivity index (χ0) is 9.68. The second kappa shape index (κ2) is 4.94. The van der Waals surface area contributed by atoms with Gasteiger partial charge in [-0.25, -0.2) is 4.68 Å². The molecule has 4 nitrogen and oxygen atoms in total. The molecule has 13 heavy (non-hydrogen) atoms. The topological polar surface area (TPSA) is 43.6 Å². The minimum absolute atomic E-state index is 0.691. The normalized spacial score (nSPS) is 11.1. The van der Waals surface area contributed by atoms with Gasteiger partial charge in [0.1, 0.15) is 0 Å². The van der Waals surface area contributed by atoms with Gasteiger partial charge in [-0.2, -0.15) is 0 Å². The van der Waals surface area contributed by atoms with Crippen molar-refractivity contribution < 1.29 is 0 Å². The third-order valence-electron chi connectivity index (χ3n) is 1.92. The predicted octanol–water partition coefficient (Wildman–Crippen LogP) is 1.49. The van der Waals surface area contributed by atoms with Crippen molar-refractivity contribution in [2.45, 2.75) is 39.7 Å². The Kier molecular flexibility index (Phi) is 3.86. The highest BCUT2D eigenvalue weighted by Gasteiger charge is 2.04. The number of hydrogen-bond acceptors (Lipinski definition) is 3. The lowest BCUT2D eigenvalue weighted by Crippen LogP contribution is -2.07. The second-order valence-electron chi connectivity index (χ2n) is 3.60. The van der Waals surface area contributed by atoms with Crippen LogP contribution in [0.3, 0.4) is 0 Å². The fourth-order valence-electron chi connectivity index (χ4n) is 1.11. The van der Waals surface area contributed by atoms with E-state index < -0.39 is 0 Å². The summed E-state index contributed by atoms with van der Waals surface area (Å²) in [6.45, 7) is 9.10. The monoisotopic (exact) mass is 181 g/mol. The van der Waals surface area contributed by atoms with Crippen molar-refractivity contribution in [3.8, 4) is 0 Å². The summed E-state index contributed by atoms with van der Waals surface area (Å²) >= 11 is 0. The first kappa shape index (κ1) is 10.2. The maximum atomic E-state index is 3.95. The maximum Gasteiger partial charge on any atom is 0.151 e. The second-order valence-corrected chi connectivity index (χ2v) is 3.60. The standard InChI is InChI=1S/C9H17N4/c1-4-5-9-10-11-12-13(9)7-6-8(2)3/h8H,1,4-7H2,2-3H3. The van der Waals surface area contributed by atoms with E-state index in [0.29, 0.717) is 5.92 Å². The highest BCUT2D eigenvalue weighted by Crippen LogP contribution is 2.03. The molecule has 1 heterocycles. The SMILES string of the molecule is [CH2]CCc1nnnn1CCC(C)C. The Hall–Kier alpha value is -0.930. The molecule has 0 aliphatic heterocycles. The molecule has 1 rings (SSSR count). The summed E-state index contributed by atoms with van der Waals surface area (Å²) < 4.78 is 1.88. The van der Waals surface area contributed by atoms with Crippen LogP contribution in [0.5, 0.6) is 0 Å². The van der Waals surface area contributed by atoms with E-state index >= 15 is 0 Å². The third-order valence-corrected chi connectivity index (χ3v) is 1.92. The van der Waals surface area contributed by atoms with Crippen LogP contribution in [0.4, 0.5) is 0 Å². The summed E-state index contributed by atoms with van der Waals surface area (Å²) in [6.07, 6.45) is 2.84. The molecule has 0 aromatic carbocycles. The Morgan fingerprint density at radius 2 is 2.23 bits per heavy atom. The maximum absolute atomic E-state index is 3.95. The summed E-state index contributed by atoms with van der Waals surface area (Å²) in [5, 5.41) is 11.5. The van der Waals surface area contributed by atoms with Crippen LogP contribution in [0.1, 0.15) is 32.5 Å². The van der Waals surface area contributed by atoms with E-state index in [2.05, 4.69) is 36.3 Å². The van der Waals surface area contributed by atoms with E-state index in [-0.39, 0.29) is 0 Å². The molecule has 0 bridgehead atoms. The van der Waals surface area contributed by atoms with Gasteiger partial charge in [0.2, 0.25) is 0 Å². The molecule has 0 amide bonds. The molecule has 0 saturated heterocycles. The lowest BCUT2D eigenvalue weighted by atomic mass is 10.1. The fourth-order valence-corrected chi connectivity index (χ4v) is 1.11. The first-order chi connectivity index (χ1) is 6.24. The van der Waals surface area contributed by atoms with E-state index in [0.717, 1.165) is 31.6 Å². The summed E-state index contributed by atoms with van der Waals surface area (Å²) in [5.41, 5.74) is 0. The van der Waals surface area contributed by atoms with Crippen LogP contribution in [0, 0.1) is 12.8 Å². The Labute approximate surface area is 79.3 Å². The van der Waals surface area contributed by atoms with E-state index in [1.807, 2.05) is 4.68 Å². The molecule has 0 saturated carbocycles. The highest BCUT2D eigenvalue weighted by molar-refractivity contribution is 4.81. The average molecular weight is 181 g/mol. The third kappa shape index (κ3) is 3.13. The first-order valence-corrected chi connectivity index (χ1v) is 4.78. The molecule has 0 spiro atoms. The number of aryl methyl sites for hydroxylation is 2. The van der Waals surface area contributed by atoms with Crippen LogP contribution < -0.4 is 0 Å². The van der Waals surface area contributed by atoms with Gasteiger partial charge in [0.25, 0.3) is 0 Å². The number of rotatable bonds is 5. The summed E-state index contributed by atoms with van der Waals surface area (Å²) in [5.74, 6) is 1.65. The van der Waals surface area contributed by atoms with Gasteiger partial charge >= 0.3 is 0 Å². The Bertz CT molecular complexity index is 242. The Morgan fingerprint density at radius 3 is 2.85 bits per heavy atom. The van der Waals surface area contributed by atoms with Crippen molar-refractivity contribution in [2.24, 2.45) is 5.92 Å². The molecule has 1 radical (unpaired) electrons. The molecular weight excluding hydrogens is 164 g/mol. The molecule has 0 aliphatic rings. The number of hydrogen-bond donors (Lipinski definition) is 0. The van der Waals surface area contributed by atoms with Crippen molar-refractivity contribution in [2.75, 3.05) is 0 Å². The lowest BCUT2D eigenvalue weighted by molar-refractivity contribution is 0.466. The summed E-state index contributed by atoms with van der Waals surface area (Å²) in [7, 11) is 0. The van der Waals surface area contributed by atoms with Crippen LogP contribution in [0.25, 0.3) is 0 Å². The van der Waals surface area contributed by atoms with Crippen molar-refractivity contribution in [1.82, 2.24) is 20.2 Å². The average Bonchev–Trinajstić information content (AvgIpc) is 2.49. The fraction of sp³-hybridized carbons (Fsp3) is 0.778. The van der Waals surface area contributed by atoms with Gasteiger partial charge in [0.05, 0.1) is 0 Å². The van der Waals surface area contributed by atoms with Gasteiger partial charge in [-0.05, 0) is 29.2 Å². The quantitative estimate of drug-likeness (QED) is 0.691. The van der Waals surface area contributed by atoms with Crippen molar-refractivity contribution in [3.05, 3.63) is 12.7 Å². The zero-order valence-corrected chi connectivity index (χ0v) is 8.40. The molecule has 0 atom stereocenters. The van der Waals surface area contributed by atoms with Gasteiger partial charge in [-0.3, -0.25) is 0 Å². The zero-order valence-electron chi connectivity index (χ0n) is 8.40. The largest absolute Gasteiger partial charge is 0.230 e. The molecule has 0 unspecified atom stereocenters. The van der Waals surface area contributed by atoms with Crippen LogP contribution >= 0.6 is 0 Å². The first-order valence-electron chi connectivity index (χ1n) is 4.78. The number of tetrazole rings is 1. The van der Waals surface area contributed by atoms with E-state index in [1.54, 1.807) is 0 Å². The van der Waals surface area contributed by atoms with E-state index in [1.165, 1.54) is 0 Å². The Balaban J connectivity index is 2.49. The highest BCUT2D eigenvalue weighted by atomic mass is 15.5. The van der Waals surface area contributed by atoms with Crippen LogP contribution in [-0.4, -0.2) is 20.2 Å². The minimum Gasteiger partial charge on any atom is -0.230 e. The van der Waals surface area contributed by atoms with Gasteiger partial charge in [0, 0.05) is 13.0 Å². The summed E-state index contributed by atoms with van der Waals surface area (Å²) in [6, 6.07) is 0. The molecule has 0 N–H and O–H groups in total. The van der Waals surface area contributed by atoms with E-state index in [4.69, 9.17) is 0 Å². The van der Waals surface area contributed by atoms with Crippen LogP contribution in [0.15, 0.2) is 0 Å². The van der Waals surface area contributed by atoms with Gasteiger partial charge < -0.3 is 0 Å². The van der Waals surface area contributed by atoms with Gasteiger partial charge in [0.15, 0.2) is 5.82 Å². The summed E-state index contributed by atoms with van der Waals surface area (Å²) in [4.78, 5) is 0. The van der Waals surface area contributed by atoms with Crippen molar-refractivity contribution in [1.29, 1.82) is 0 Å². The van der Waals surface area contributed by atoms with Crippen LogP contribution in [-0.2, 0) is 13.0 Å². The molecule has 0 fully saturated rings. The van der Waals surface area contributed by atoms with Crippen molar-refractivity contribution >= 4 is 0 Å². The number of aromatic nitrogens is 4. The predicted molar refractivity (Wildman–Crippen MR) is 51.0 cm³/mol. The van der Waals surface area contributed by atoms with E-state index in [9.17, 15) is 0 Å². The number of nitrogens with zero attached hydrogens (tertiary/aromatic N) is 4. The molecule has 4 heteroatoms. The van der Waals surface area contributed by atoms with Gasteiger partial charge in [-0.1, -0.05) is 20.8 Å². The minimum atomic E-state index is 0.691.